The summed E-state index contributed by atoms with van der Waals surface area (Å²) in [5, 5.41) is 0. The van der Waals surface area contributed by atoms with E-state index < -0.39 is 0 Å². The molecule has 2 heteroatoms. The van der Waals surface area contributed by atoms with Crippen molar-refractivity contribution >= 4 is 0 Å². The molecule has 0 aliphatic carbocycles. The number of hydrogen-bond donors (Lipinski definition) is 0. The van der Waals surface area contributed by atoms with Gasteiger partial charge in [-0.1, -0.05) is 69.2 Å². The molecule has 0 saturated carbocycles. The Morgan fingerprint density at radius 1 is 0.655 bits per heavy atom. The van der Waals surface area contributed by atoms with Crippen molar-refractivity contribution in [3.63, 3.8) is 0 Å². The number of benzene rings is 2. The van der Waals surface area contributed by atoms with Gasteiger partial charge in [0.15, 0.2) is 0 Å². The van der Waals surface area contributed by atoms with Crippen LogP contribution in [0, 0.1) is 0 Å². The molecule has 0 N–H and O–H groups in total. The summed E-state index contributed by atoms with van der Waals surface area (Å²) in [5.74, 6) is 0.942. The van der Waals surface area contributed by atoms with Crippen molar-refractivity contribution in [1.82, 2.24) is 4.98 Å². The summed E-state index contributed by atoms with van der Waals surface area (Å²) in [7, 11) is 0. The number of ether oxygens (including phenoxy) is 1. The van der Waals surface area contributed by atoms with Gasteiger partial charge in [0, 0.05) is 11.9 Å². The fraction of sp³-hybridized carbons (Fsp3) is 0.370. The lowest BCUT2D eigenvalue weighted by molar-refractivity contribution is 0.317. The van der Waals surface area contributed by atoms with Crippen LogP contribution in [0.3, 0.4) is 0 Å². The van der Waals surface area contributed by atoms with Crippen molar-refractivity contribution < 1.29 is 4.74 Å². The quantitative estimate of drug-likeness (QED) is 0.329. The Morgan fingerprint density at radius 2 is 1.31 bits per heavy atom. The van der Waals surface area contributed by atoms with Gasteiger partial charge in [-0.05, 0) is 72.6 Å². The van der Waals surface area contributed by atoms with Crippen LogP contribution in [0.2, 0.25) is 0 Å². The summed E-state index contributed by atoms with van der Waals surface area (Å²) >= 11 is 0. The molecule has 0 fully saturated rings. The Kier molecular flexibility index (Phi) is 8.30. The number of hydrogen-bond acceptors (Lipinski definition) is 2. The van der Waals surface area contributed by atoms with Gasteiger partial charge in [-0.2, -0.15) is 0 Å². The molecule has 0 unspecified atom stereocenters. The maximum atomic E-state index is 5.67. The monoisotopic (exact) mass is 387 g/mol. The average Bonchev–Trinajstić information content (AvgIpc) is 2.78. The predicted molar refractivity (Wildman–Crippen MR) is 123 cm³/mol. The van der Waals surface area contributed by atoms with E-state index in [0.29, 0.717) is 0 Å². The van der Waals surface area contributed by atoms with Gasteiger partial charge < -0.3 is 4.74 Å². The van der Waals surface area contributed by atoms with E-state index in [9.17, 15) is 0 Å². The van der Waals surface area contributed by atoms with Gasteiger partial charge in [0.1, 0.15) is 5.75 Å². The van der Waals surface area contributed by atoms with Crippen LogP contribution in [0.5, 0.6) is 5.75 Å². The summed E-state index contributed by atoms with van der Waals surface area (Å²) < 4.78 is 5.67. The van der Waals surface area contributed by atoms with E-state index in [-0.39, 0.29) is 0 Å². The first kappa shape index (κ1) is 21.1. The maximum absolute atomic E-state index is 5.67. The summed E-state index contributed by atoms with van der Waals surface area (Å²) in [4.78, 5) is 4.63. The van der Waals surface area contributed by atoms with Crippen LogP contribution in [0.15, 0.2) is 66.9 Å². The van der Waals surface area contributed by atoms with Crippen LogP contribution in [-0.4, -0.2) is 11.6 Å². The van der Waals surface area contributed by atoms with Gasteiger partial charge in [-0.15, -0.1) is 0 Å². The molecule has 2 nitrogen and oxygen atoms in total. The minimum Gasteiger partial charge on any atom is -0.494 e. The van der Waals surface area contributed by atoms with Crippen molar-refractivity contribution in [2.45, 2.75) is 58.8 Å². The van der Waals surface area contributed by atoms with Crippen LogP contribution in [-0.2, 0) is 19.3 Å². The molecule has 2 aromatic carbocycles. The van der Waals surface area contributed by atoms with Crippen LogP contribution >= 0.6 is 0 Å². The van der Waals surface area contributed by atoms with E-state index in [1.807, 2.05) is 0 Å². The van der Waals surface area contributed by atoms with Crippen molar-refractivity contribution in [1.29, 1.82) is 0 Å². The number of nitrogens with zero attached hydrogens (tertiary/aromatic N) is 1. The van der Waals surface area contributed by atoms with Crippen molar-refractivity contribution in [3.8, 4) is 16.9 Å². The first-order valence-electron chi connectivity index (χ1n) is 11.0. The summed E-state index contributed by atoms with van der Waals surface area (Å²) in [6.07, 6.45) is 10.0. The molecule has 0 spiro atoms. The topological polar surface area (TPSA) is 22.1 Å². The number of unbranched alkanes of at least 4 members (excludes halogenated alkanes) is 2. The Balaban J connectivity index is 1.51. The number of rotatable bonds is 11. The van der Waals surface area contributed by atoms with E-state index in [2.05, 4.69) is 85.7 Å². The molecule has 0 radical (unpaired) electrons. The van der Waals surface area contributed by atoms with E-state index in [0.717, 1.165) is 38.0 Å². The van der Waals surface area contributed by atoms with Crippen molar-refractivity contribution in [2.75, 3.05) is 6.61 Å². The molecule has 3 rings (SSSR count). The van der Waals surface area contributed by atoms with E-state index in [1.54, 1.807) is 0 Å². The zero-order valence-electron chi connectivity index (χ0n) is 17.9. The Labute approximate surface area is 176 Å². The maximum Gasteiger partial charge on any atom is 0.119 e. The molecule has 0 atom stereocenters. The third kappa shape index (κ3) is 6.74. The molecule has 1 aromatic heterocycles. The molecule has 152 valence electrons. The number of aryl methyl sites for hydroxylation is 3. The van der Waals surface area contributed by atoms with Crippen molar-refractivity contribution in [3.05, 3.63) is 83.7 Å². The Hall–Kier alpha value is -2.61. The van der Waals surface area contributed by atoms with Crippen LogP contribution in [0.4, 0.5) is 0 Å². The first-order chi connectivity index (χ1) is 14.3. The normalized spacial score (nSPS) is 10.8. The highest BCUT2D eigenvalue weighted by Gasteiger charge is 2.02. The molecule has 0 aliphatic rings. The van der Waals surface area contributed by atoms with E-state index in [1.165, 1.54) is 47.2 Å². The lowest BCUT2D eigenvalue weighted by atomic mass is 10.0. The van der Waals surface area contributed by atoms with Gasteiger partial charge in [-0.3, -0.25) is 4.98 Å². The van der Waals surface area contributed by atoms with Crippen molar-refractivity contribution in [2.24, 2.45) is 0 Å². The zero-order chi connectivity index (χ0) is 20.3. The minimum atomic E-state index is 0.769. The van der Waals surface area contributed by atoms with Gasteiger partial charge in [0.2, 0.25) is 0 Å². The fourth-order valence-corrected chi connectivity index (χ4v) is 3.42. The zero-order valence-corrected chi connectivity index (χ0v) is 17.9. The fourth-order valence-electron chi connectivity index (χ4n) is 3.42. The highest BCUT2D eigenvalue weighted by Crippen LogP contribution is 2.23. The number of aromatic nitrogens is 1. The van der Waals surface area contributed by atoms with Gasteiger partial charge in [0.05, 0.1) is 6.61 Å². The Bertz CT molecular complexity index is 835. The Morgan fingerprint density at radius 3 is 1.93 bits per heavy atom. The average molecular weight is 388 g/mol. The van der Waals surface area contributed by atoms with Gasteiger partial charge >= 0.3 is 0 Å². The van der Waals surface area contributed by atoms with Gasteiger partial charge in [-0.25, -0.2) is 0 Å². The van der Waals surface area contributed by atoms with Crippen LogP contribution < -0.4 is 4.74 Å². The predicted octanol–water partition coefficient (Wildman–Crippen LogP) is 7.06. The SMILES string of the molecule is CCCCCc1ccc(CCc2ccc(-c3ccc(OCCC)cc3)cc2)cn1. The largest absolute Gasteiger partial charge is 0.494 e. The minimum absolute atomic E-state index is 0.769. The third-order valence-corrected chi connectivity index (χ3v) is 5.24. The smallest absolute Gasteiger partial charge is 0.119 e. The molecule has 0 bridgehead atoms. The van der Waals surface area contributed by atoms with E-state index >= 15 is 0 Å². The summed E-state index contributed by atoms with van der Waals surface area (Å²) in [6.45, 7) is 5.13. The molecule has 0 aliphatic heterocycles. The highest BCUT2D eigenvalue weighted by atomic mass is 16.5. The molecule has 29 heavy (non-hydrogen) atoms. The summed E-state index contributed by atoms with van der Waals surface area (Å²) in [6, 6.07) is 21.7. The van der Waals surface area contributed by atoms with Crippen LogP contribution in [0.25, 0.3) is 11.1 Å². The molecular weight excluding hydrogens is 354 g/mol. The highest BCUT2D eigenvalue weighted by molar-refractivity contribution is 5.64. The standard InChI is InChI=1S/C27H33NO/c1-3-5-6-7-26-17-12-23(21-28-26)9-8-22-10-13-24(14-11-22)25-15-18-27(19-16-25)29-20-4-2/h10-19,21H,3-9,20H2,1-2H3. The molecule has 3 aromatic rings. The number of pyridine rings is 1. The summed E-state index contributed by atoms with van der Waals surface area (Å²) in [5.41, 5.74) is 6.37. The third-order valence-electron chi connectivity index (χ3n) is 5.24. The second kappa shape index (κ2) is 11.4. The lowest BCUT2D eigenvalue weighted by Crippen LogP contribution is -1.95. The second-order valence-corrected chi connectivity index (χ2v) is 7.68. The molecular formula is C27H33NO. The van der Waals surface area contributed by atoms with Gasteiger partial charge in [0.25, 0.3) is 0 Å². The van der Waals surface area contributed by atoms with Crippen LogP contribution in [0.1, 0.15) is 56.4 Å². The lowest BCUT2D eigenvalue weighted by Gasteiger charge is -2.08. The van der Waals surface area contributed by atoms with E-state index in [4.69, 9.17) is 4.74 Å². The molecule has 1 heterocycles. The second-order valence-electron chi connectivity index (χ2n) is 7.68. The molecule has 0 saturated heterocycles. The molecule has 0 amide bonds. The first-order valence-corrected chi connectivity index (χ1v) is 11.0.